The molecule has 2 aromatic rings. The molecule has 2 aromatic carbocycles. The van der Waals surface area contributed by atoms with Gasteiger partial charge in [0.05, 0.1) is 22.2 Å². The van der Waals surface area contributed by atoms with Gasteiger partial charge in [0, 0.05) is 4.47 Å². The number of aryl methyl sites for hydroxylation is 1. The second kappa shape index (κ2) is 5.65. The molecule has 0 spiro atoms. The van der Waals surface area contributed by atoms with Gasteiger partial charge in [-0.25, -0.2) is 8.42 Å². The lowest BCUT2D eigenvalue weighted by atomic mass is 10.1. The summed E-state index contributed by atoms with van der Waals surface area (Å²) in [6.45, 7) is 1.78. The van der Waals surface area contributed by atoms with Crippen LogP contribution < -0.4 is 4.72 Å². The van der Waals surface area contributed by atoms with Crippen molar-refractivity contribution < 1.29 is 8.42 Å². The highest BCUT2D eigenvalue weighted by molar-refractivity contribution is 9.10. The second-order valence-electron chi connectivity index (χ2n) is 4.20. The van der Waals surface area contributed by atoms with Crippen LogP contribution >= 0.6 is 15.9 Å². The fourth-order valence-corrected chi connectivity index (χ4v) is 3.00. The third-order valence-corrected chi connectivity index (χ3v) is 4.65. The number of sulfonamides is 1. The molecule has 0 saturated carbocycles. The molecule has 20 heavy (non-hydrogen) atoms. The molecule has 0 amide bonds. The predicted molar refractivity (Wildman–Crippen MR) is 80.8 cm³/mol. The number of anilines is 1. The lowest BCUT2D eigenvalue weighted by Crippen LogP contribution is -2.13. The summed E-state index contributed by atoms with van der Waals surface area (Å²) >= 11 is 3.26. The Morgan fingerprint density at radius 3 is 2.40 bits per heavy atom. The van der Waals surface area contributed by atoms with Crippen LogP contribution in [0.25, 0.3) is 0 Å². The van der Waals surface area contributed by atoms with Crippen LogP contribution in [0.5, 0.6) is 0 Å². The van der Waals surface area contributed by atoms with Crippen molar-refractivity contribution in [1.82, 2.24) is 0 Å². The van der Waals surface area contributed by atoms with Gasteiger partial charge >= 0.3 is 0 Å². The number of nitriles is 1. The average Bonchev–Trinajstić information content (AvgIpc) is 2.41. The van der Waals surface area contributed by atoms with E-state index in [2.05, 4.69) is 20.7 Å². The van der Waals surface area contributed by atoms with Crippen LogP contribution in [0.3, 0.4) is 0 Å². The summed E-state index contributed by atoms with van der Waals surface area (Å²) in [7, 11) is -3.66. The molecule has 2 rings (SSSR count). The molecule has 0 aliphatic rings. The summed E-state index contributed by atoms with van der Waals surface area (Å²) in [4.78, 5) is 0.169. The number of rotatable bonds is 3. The van der Waals surface area contributed by atoms with Crippen LogP contribution in [-0.2, 0) is 10.0 Å². The summed E-state index contributed by atoms with van der Waals surface area (Å²) in [5.74, 6) is 0. The van der Waals surface area contributed by atoms with Gasteiger partial charge in [0.15, 0.2) is 0 Å². The topological polar surface area (TPSA) is 70.0 Å². The first-order valence-electron chi connectivity index (χ1n) is 5.71. The van der Waals surface area contributed by atoms with Gasteiger partial charge in [-0.1, -0.05) is 22.0 Å². The molecule has 102 valence electrons. The van der Waals surface area contributed by atoms with Gasteiger partial charge in [0.1, 0.15) is 0 Å². The first-order valence-corrected chi connectivity index (χ1v) is 7.99. The van der Waals surface area contributed by atoms with Crippen molar-refractivity contribution in [2.24, 2.45) is 0 Å². The van der Waals surface area contributed by atoms with Gasteiger partial charge in [-0.2, -0.15) is 5.26 Å². The van der Waals surface area contributed by atoms with E-state index >= 15 is 0 Å². The Hall–Kier alpha value is -1.84. The van der Waals surface area contributed by atoms with E-state index in [1.165, 1.54) is 18.2 Å². The molecule has 0 radical (unpaired) electrons. The highest BCUT2D eigenvalue weighted by Gasteiger charge is 2.15. The zero-order chi connectivity index (χ0) is 14.8. The molecule has 0 fully saturated rings. The van der Waals surface area contributed by atoms with Crippen LogP contribution in [0.2, 0.25) is 0 Å². The van der Waals surface area contributed by atoms with Crippen molar-refractivity contribution in [2.75, 3.05) is 4.72 Å². The van der Waals surface area contributed by atoms with Crippen LogP contribution in [0.15, 0.2) is 51.8 Å². The maximum absolute atomic E-state index is 12.3. The van der Waals surface area contributed by atoms with Crippen molar-refractivity contribution in [3.63, 3.8) is 0 Å². The van der Waals surface area contributed by atoms with E-state index in [1.807, 2.05) is 6.07 Å². The highest BCUT2D eigenvalue weighted by atomic mass is 79.9. The number of benzene rings is 2. The van der Waals surface area contributed by atoms with E-state index in [4.69, 9.17) is 5.26 Å². The van der Waals surface area contributed by atoms with Crippen LogP contribution in [0.1, 0.15) is 11.1 Å². The number of hydrogen-bond donors (Lipinski definition) is 1. The molecule has 1 N–H and O–H groups in total. The Morgan fingerprint density at radius 1 is 1.15 bits per heavy atom. The van der Waals surface area contributed by atoms with E-state index in [0.717, 1.165) is 10.0 Å². The standard InChI is InChI=1S/C14H11BrN2O2S/c1-10-2-3-11(9-16)8-14(10)17-20(18,19)13-6-4-12(15)5-7-13/h2-8,17H,1H3. The number of halogens is 1. The number of nitrogens with one attached hydrogen (secondary N) is 1. The van der Waals surface area contributed by atoms with Gasteiger partial charge in [-0.3, -0.25) is 4.72 Å². The largest absolute Gasteiger partial charge is 0.279 e. The van der Waals surface area contributed by atoms with E-state index in [1.54, 1.807) is 31.2 Å². The first kappa shape index (κ1) is 14.6. The van der Waals surface area contributed by atoms with E-state index in [9.17, 15) is 8.42 Å². The van der Waals surface area contributed by atoms with Gasteiger partial charge in [0.25, 0.3) is 10.0 Å². The van der Waals surface area contributed by atoms with Crippen molar-refractivity contribution in [3.8, 4) is 6.07 Å². The molecule has 0 aromatic heterocycles. The maximum Gasteiger partial charge on any atom is 0.261 e. The lowest BCUT2D eigenvalue weighted by Gasteiger charge is -2.11. The zero-order valence-corrected chi connectivity index (χ0v) is 13.0. The Kier molecular flexibility index (Phi) is 4.12. The predicted octanol–water partition coefficient (Wildman–Crippen LogP) is 3.43. The highest BCUT2D eigenvalue weighted by Crippen LogP contribution is 2.22. The van der Waals surface area contributed by atoms with E-state index < -0.39 is 10.0 Å². The Balaban J connectivity index is 2.38. The molecule has 0 aliphatic heterocycles. The molecule has 0 atom stereocenters. The van der Waals surface area contributed by atoms with Crippen LogP contribution in [0, 0.1) is 18.3 Å². The molecule has 6 heteroatoms. The van der Waals surface area contributed by atoms with Crippen molar-refractivity contribution in [1.29, 1.82) is 5.26 Å². The average molecular weight is 351 g/mol. The van der Waals surface area contributed by atoms with E-state index in [-0.39, 0.29) is 4.90 Å². The minimum atomic E-state index is -3.66. The molecule has 0 unspecified atom stereocenters. The summed E-state index contributed by atoms with van der Waals surface area (Å²) in [5.41, 5.74) is 1.57. The van der Waals surface area contributed by atoms with Crippen molar-refractivity contribution >= 4 is 31.6 Å². The Bertz CT molecular complexity index is 778. The number of hydrogen-bond acceptors (Lipinski definition) is 3. The quantitative estimate of drug-likeness (QED) is 0.921. The van der Waals surface area contributed by atoms with Crippen molar-refractivity contribution in [2.45, 2.75) is 11.8 Å². The molecular weight excluding hydrogens is 340 g/mol. The summed E-state index contributed by atoms with van der Waals surface area (Å²) < 4.78 is 27.8. The van der Waals surface area contributed by atoms with Gasteiger partial charge in [0.2, 0.25) is 0 Å². The molecule has 0 aliphatic carbocycles. The first-order chi connectivity index (χ1) is 9.42. The second-order valence-corrected chi connectivity index (χ2v) is 6.80. The molecule has 0 saturated heterocycles. The van der Waals surface area contributed by atoms with E-state index in [0.29, 0.717) is 11.3 Å². The summed E-state index contributed by atoms with van der Waals surface area (Å²) in [6.07, 6.45) is 0. The maximum atomic E-state index is 12.3. The SMILES string of the molecule is Cc1ccc(C#N)cc1NS(=O)(=O)c1ccc(Br)cc1. The van der Waals surface area contributed by atoms with Crippen molar-refractivity contribution in [3.05, 3.63) is 58.1 Å². The van der Waals surface area contributed by atoms with Gasteiger partial charge < -0.3 is 0 Å². The monoisotopic (exact) mass is 350 g/mol. The number of nitrogens with zero attached hydrogens (tertiary/aromatic N) is 1. The molecule has 0 heterocycles. The third kappa shape index (κ3) is 3.18. The Labute approximate surface area is 126 Å². The normalized spacial score (nSPS) is 10.8. The fourth-order valence-electron chi connectivity index (χ4n) is 1.62. The smallest absolute Gasteiger partial charge is 0.261 e. The summed E-state index contributed by atoms with van der Waals surface area (Å²) in [5, 5.41) is 8.87. The van der Waals surface area contributed by atoms with Gasteiger partial charge in [-0.05, 0) is 48.9 Å². The Morgan fingerprint density at radius 2 is 1.80 bits per heavy atom. The lowest BCUT2D eigenvalue weighted by molar-refractivity contribution is 0.601. The van der Waals surface area contributed by atoms with Gasteiger partial charge in [-0.15, -0.1) is 0 Å². The summed E-state index contributed by atoms with van der Waals surface area (Å²) in [6, 6.07) is 13.2. The minimum Gasteiger partial charge on any atom is -0.279 e. The zero-order valence-electron chi connectivity index (χ0n) is 10.6. The molecule has 0 bridgehead atoms. The fraction of sp³-hybridized carbons (Fsp3) is 0.0714. The van der Waals surface area contributed by atoms with Crippen LogP contribution in [0.4, 0.5) is 5.69 Å². The van der Waals surface area contributed by atoms with Crippen LogP contribution in [-0.4, -0.2) is 8.42 Å². The third-order valence-electron chi connectivity index (χ3n) is 2.73. The molecular formula is C14H11BrN2O2S. The minimum absolute atomic E-state index is 0.169. The molecule has 4 nitrogen and oxygen atoms in total.